The topological polar surface area (TPSA) is 41.1 Å². The molecule has 0 fully saturated rings. The predicted molar refractivity (Wildman–Crippen MR) is 117 cm³/mol. The Morgan fingerprint density at radius 2 is 2.04 bits per heavy atom. The van der Waals surface area contributed by atoms with Crippen LogP contribution in [-0.2, 0) is 5.75 Å². The minimum Gasteiger partial charge on any atom is -0.348 e. The van der Waals surface area contributed by atoms with Gasteiger partial charge in [-0.25, -0.2) is 0 Å². The zero-order valence-electron chi connectivity index (χ0n) is 15.9. The predicted octanol–water partition coefficient (Wildman–Crippen LogP) is 4.67. The van der Waals surface area contributed by atoms with Crippen molar-refractivity contribution in [3.63, 3.8) is 0 Å². The van der Waals surface area contributed by atoms with Crippen molar-refractivity contribution in [3.05, 3.63) is 76.4 Å². The van der Waals surface area contributed by atoms with Crippen LogP contribution in [0, 0.1) is 13.8 Å². The van der Waals surface area contributed by atoms with Crippen LogP contribution in [0.2, 0.25) is 0 Å². The van der Waals surface area contributed by atoms with E-state index in [-0.39, 0.29) is 18.3 Å². The van der Waals surface area contributed by atoms with Crippen LogP contribution in [0.3, 0.4) is 0 Å². The van der Waals surface area contributed by atoms with Crippen LogP contribution in [0.25, 0.3) is 0 Å². The molecule has 27 heavy (non-hydrogen) atoms. The summed E-state index contributed by atoms with van der Waals surface area (Å²) in [6.07, 6.45) is 3.17. The summed E-state index contributed by atoms with van der Waals surface area (Å²) in [7, 11) is 0. The maximum Gasteiger partial charge on any atom is 0.251 e. The highest BCUT2D eigenvalue weighted by Gasteiger charge is 2.09. The molecule has 0 saturated carbocycles. The van der Waals surface area contributed by atoms with Gasteiger partial charge in [-0.2, -0.15) is 0 Å². The maximum atomic E-state index is 12.4. The smallest absolute Gasteiger partial charge is 0.251 e. The summed E-state index contributed by atoms with van der Waals surface area (Å²) in [4.78, 5) is 13.7. The molecule has 2 aromatic carbocycles. The van der Waals surface area contributed by atoms with Crippen LogP contribution in [0.1, 0.15) is 33.5 Å². The molecule has 2 aromatic rings. The lowest BCUT2D eigenvalue weighted by Gasteiger charge is -2.14. The molecule has 144 valence electrons. The first-order valence-corrected chi connectivity index (χ1v) is 10.1. The number of amides is 1. The average Bonchev–Trinajstić information content (AvgIpc) is 2.66. The Kier molecular flexibility index (Phi) is 8.42. The molecule has 1 heterocycles. The molecule has 0 spiro atoms. The van der Waals surface area contributed by atoms with Gasteiger partial charge >= 0.3 is 0 Å². The Balaban J connectivity index is 0.00000261. The number of halogens is 1. The molecule has 0 radical (unpaired) electrons. The first-order valence-electron chi connectivity index (χ1n) is 9.07. The van der Waals surface area contributed by atoms with E-state index < -0.39 is 0 Å². The van der Waals surface area contributed by atoms with Crippen molar-refractivity contribution in [1.82, 2.24) is 10.6 Å². The lowest BCUT2D eigenvalue weighted by atomic mass is 10.1. The summed E-state index contributed by atoms with van der Waals surface area (Å²) in [5, 5.41) is 6.33. The summed E-state index contributed by atoms with van der Waals surface area (Å²) in [5.41, 5.74) is 5.80. The van der Waals surface area contributed by atoms with E-state index in [4.69, 9.17) is 0 Å². The Morgan fingerprint density at radius 3 is 2.78 bits per heavy atom. The van der Waals surface area contributed by atoms with Crippen LogP contribution in [0.5, 0.6) is 0 Å². The number of carbonyl (C=O) groups is 1. The number of nitrogens with one attached hydrogen (secondary N) is 2. The van der Waals surface area contributed by atoms with Crippen molar-refractivity contribution >= 4 is 30.1 Å². The zero-order valence-corrected chi connectivity index (χ0v) is 17.5. The first-order chi connectivity index (χ1) is 12.6. The van der Waals surface area contributed by atoms with Crippen molar-refractivity contribution < 1.29 is 4.79 Å². The fraction of sp³-hybridized carbons (Fsp3) is 0.318. The number of rotatable bonds is 6. The molecule has 0 aliphatic carbocycles. The molecule has 3 rings (SSSR count). The van der Waals surface area contributed by atoms with Gasteiger partial charge in [0, 0.05) is 29.3 Å². The molecule has 5 heteroatoms. The lowest BCUT2D eigenvalue weighted by molar-refractivity contribution is 0.0956. The molecule has 0 unspecified atom stereocenters. The quantitative estimate of drug-likeness (QED) is 0.545. The first kappa shape index (κ1) is 21.5. The third kappa shape index (κ3) is 6.42. The van der Waals surface area contributed by atoms with Crippen LogP contribution in [-0.4, -0.2) is 25.5 Å². The Hall–Kier alpha value is -1.75. The van der Waals surface area contributed by atoms with Gasteiger partial charge in [0.1, 0.15) is 0 Å². The van der Waals surface area contributed by atoms with Gasteiger partial charge in [0.05, 0.1) is 0 Å². The molecule has 0 atom stereocenters. The lowest BCUT2D eigenvalue weighted by Crippen LogP contribution is -2.29. The van der Waals surface area contributed by atoms with E-state index in [0.29, 0.717) is 6.54 Å². The number of carbonyl (C=O) groups excluding carboxylic acids is 1. The van der Waals surface area contributed by atoms with E-state index in [1.165, 1.54) is 27.2 Å². The minimum atomic E-state index is 0. The monoisotopic (exact) mass is 402 g/mol. The molecule has 2 N–H and O–H groups in total. The average molecular weight is 403 g/mol. The SMILES string of the molecule is Cc1ccc(SCc2cccc(C(=O)NCC3=CCNCC3)c2)c(C)c1.Cl. The molecule has 0 bridgehead atoms. The third-order valence-corrected chi connectivity index (χ3v) is 5.79. The highest BCUT2D eigenvalue weighted by molar-refractivity contribution is 7.98. The van der Waals surface area contributed by atoms with E-state index in [1.807, 2.05) is 30.0 Å². The standard InChI is InChI=1S/C22H26N2OS.ClH/c1-16-6-7-21(17(2)12-16)26-15-19-4-3-5-20(13-19)22(25)24-14-18-8-10-23-11-9-18;/h3-8,12-13,23H,9-11,14-15H2,1-2H3,(H,24,25);1H. The number of benzene rings is 2. The van der Waals surface area contributed by atoms with Crippen molar-refractivity contribution in [1.29, 1.82) is 0 Å². The number of aryl methyl sites for hydroxylation is 2. The molecule has 0 saturated heterocycles. The second kappa shape index (κ2) is 10.5. The van der Waals surface area contributed by atoms with Crippen LogP contribution >= 0.6 is 24.2 Å². The Bertz CT molecular complexity index is 820. The largest absolute Gasteiger partial charge is 0.348 e. The van der Waals surface area contributed by atoms with Crippen LogP contribution < -0.4 is 10.6 Å². The van der Waals surface area contributed by atoms with E-state index in [1.54, 1.807) is 0 Å². The highest BCUT2D eigenvalue weighted by Crippen LogP contribution is 2.27. The highest BCUT2D eigenvalue weighted by atomic mass is 35.5. The van der Waals surface area contributed by atoms with Crippen molar-refractivity contribution in [2.45, 2.75) is 30.9 Å². The van der Waals surface area contributed by atoms with Gasteiger partial charge in [-0.05, 0) is 56.1 Å². The molecular formula is C22H27ClN2OS. The van der Waals surface area contributed by atoms with E-state index in [0.717, 1.165) is 30.8 Å². The number of thioether (sulfide) groups is 1. The summed E-state index contributed by atoms with van der Waals surface area (Å²) in [6, 6.07) is 14.5. The minimum absolute atomic E-state index is 0. The molecule has 3 nitrogen and oxygen atoms in total. The van der Waals surface area contributed by atoms with Crippen molar-refractivity contribution in [2.75, 3.05) is 19.6 Å². The van der Waals surface area contributed by atoms with Crippen LogP contribution in [0.15, 0.2) is 59.0 Å². The number of hydrogen-bond donors (Lipinski definition) is 2. The van der Waals surface area contributed by atoms with Crippen molar-refractivity contribution in [2.24, 2.45) is 0 Å². The third-order valence-electron chi connectivity index (χ3n) is 4.55. The van der Waals surface area contributed by atoms with Gasteiger partial charge in [0.2, 0.25) is 0 Å². The van der Waals surface area contributed by atoms with Gasteiger partial charge in [-0.15, -0.1) is 24.2 Å². The summed E-state index contributed by atoms with van der Waals surface area (Å²) in [6.45, 7) is 6.79. The summed E-state index contributed by atoms with van der Waals surface area (Å²) >= 11 is 1.82. The maximum absolute atomic E-state index is 12.4. The summed E-state index contributed by atoms with van der Waals surface area (Å²) < 4.78 is 0. The van der Waals surface area contributed by atoms with Gasteiger partial charge in [-0.1, -0.05) is 41.5 Å². The second-order valence-electron chi connectivity index (χ2n) is 6.76. The fourth-order valence-electron chi connectivity index (χ4n) is 3.05. The Labute approximate surface area is 172 Å². The summed E-state index contributed by atoms with van der Waals surface area (Å²) in [5.74, 6) is 0.866. The Morgan fingerprint density at radius 1 is 1.19 bits per heavy atom. The second-order valence-corrected chi connectivity index (χ2v) is 7.77. The fourth-order valence-corrected chi connectivity index (χ4v) is 4.00. The number of hydrogen-bond acceptors (Lipinski definition) is 3. The van der Waals surface area contributed by atoms with Crippen LogP contribution in [0.4, 0.5) is 0 Å². The molecule has 0 aromatic heterocycles. The molecular weight excluding hydrogens is 376 g/mol. The molecule has 1 amide bonds. The van der Waals surface area contributed by atoms with Gasteiger partial charge in [0.15, 0.2) is 0 Å². The van der Waals surface area contributed by atoms with E-state index in [9.17, 15) is 4.79 Å². The molecule has 1 aliphatic heterocycles. The van der Waals surface area contributed by atoms with Gasteiger partial charge in [0.25, 0.3) is 5.91 Å². The molecule has 1 aliphatic rings. The van der Waals surface area contributed by atoms with E-state index in [2.05, 4.69) is 54.8 Å². The normalized spacial score (nSPS) is 13.5. The van der Waals surface area contributed by atoms with Gasteiger partial charge in [-0.3, -0.25) is 4.79 Å². The van der Waals surface area contributed by atoms with E-state index >= 15 is 0 Å². The van der Waals surface area contributed by atoms with Gasteiger partial charge < -0.3 is 10.6 Å². The van der Waals surface area contributed by atoms with Crippen molar-refractivity contribution in [3.8, 4) is 0 Å². The zero-order chi connectivity index (χ0) is 18.4.